The zero-order valence-electron chi connectivity index (χ0n) is 16.2. The van der Waals surface area contributed by atoms with Gasteiger partial charge >= 0.3 is 0 Å². The minimum atomic E-state index is 0.432. The van der Waals surface area contributed by atoms with E-state index >= 15 is 0 Å². The Morgan fingerprint density at radius 3 is 2.59 bits per heavy atom. The number of aromatic nitrogens is 3. The molecule has 0 fully saturated rings. The SMILES string of the molecule is CCc1cc(OCCCCn2cc(CN)nn2)ccc1-c1ccc(C)cc1. The molecular formula is C22H28N4O. The molecule has 0 saturated carbocycles. The van der Waals surface area contributed by atoms with Gasteiger partial charge in [-0.05, 0) is 55.0 Å². The van der Waals surface area contributed by atoms with Gasteiger partial charge in [0.25, 0.3) is 0 Å². The fraction of sp³-hybridized carbons (Fsp3) is 0.364. The van der Waals surface area contributed by atoms with Crippen molar-refractivity contribution in [2.75, 3.05) is 6.61 Å². The van der Waals surface area contributed by atoms with Gasteiger partial charge in [0.05, 0.1) is 12.3 Å². The largest absolute Gasteiger partial charge is 0.494 e. The molecule has 3 rings (SSSR count). The molecular weight excluding hydrogens is 336 g/mol. The Labute approximate surface area is 161 Å². The number of hydrogen-bond acceptors (Lipinski definition) is 4. The molecule has 0 bridgehead atoms. The smallest absolute Gasteiger partial charge is 0.119 e. The van der Waals surface area contributed by atoms with Crippen molar-refractivity contribution in [3.8, 4) is 16.9 Å². The van der Waals surface area contributed by atoms with Crippen LogP contribution in [-0.2, 0) is 19.5 Å². The van der Waals surface area contributed by atoms with Gasteiger partial charge in [-0.3, -0.25) is 4.68 Å². The van der Waals surface area contributed by atoms with Crippen LogP contribution in [0.4, 0.5) is 0 Å². The quantitative estimate of drug-likeness (QED) is 0.580. The molecule has 0 saturated heterocycles. The summed E-state index contributed by atoms with van der Waals surface area (Å²) in [6, 6.07) is 15.1. The van der Waals surface area contributed by atoms with E-state index in [2.05, 4.69) is 66.6 Å². The maximum absolute atomic E-state index is 5.96. The fourth-order valence-corrected chi connectivity index (χ4v) is 3.07. The predicted octanol–water partition coefficient (Wildman–Crippen LogP) is 4.13. The molecule has 5 heteroatoms. The highest BCUT2D eigenvalue weighted by molar-refractivity contribution is 5.68. The number of nitrogens with two attached hydrogens (primary N) is 1. The molecule has 2 aromatic carbocycles. The molecule has 0 aliphatic carbocycles. The van der Waals surface area contributed by atoms with Crippen LogP contribution in [0, 0.1) is 6.92 Å². The molecule has 0 atom stereocenters. The summed E-state index contributed by atoms with van der Waals surface area (Å²) in [5.41, 5.74) is 11.5. The van der Waals surface area contributed by atoms with Crippen LogP contribution in [0.3, 0.4) is 0 Å². The van der Waals surface area contributed by atoms with E-state index in [1.165, 1.54) is 22.3 Å². The van der Waals surface area contributed by atoms with Gasteiger partial charge in [0.2, 0.25) is 0 Å². The molecule has 1 heterocycles. The van der Waals surface area contributed by atoms with E-state index < -0.39 is 0 Å². The molecule has 0 unspecified atom stereocenters. The third-order valence-electron chi connectivity index (χ3n) is 4.67. The lowest BCUT2D eigenvalue weighted by molar-refractivity contribution is 0.301. The Balaban J connectivity index is 1.52. The first kappa shape index (κ1) is 19.1. The zero-order chi connectivity index (χ0) is 19.1. The minimum absolute atomic E-state index is 0.432. The number of rotatable bonds is 9. The zero-order valence-corrected chi connectivity index (χ0v) is 16.2. The van der Waals surface area contributed by atoms with Crippen LogP contribution in [0.25, 0.3) is 11.1 Å². The van der Waals surface area contributed by atoms with E-state index in [1.54, 1.807) is 0 Å². The number of unbranched alkanes of at least 4 members (excludes halogenated alkanes) is 1. The van der Waals surface area contributed by atoms with E-state index in [-0.39, 0.29) is 0 Å². The van der Waals surface area contributed by atoms with E-state index in [0.29, 0.717) is 13.2 Å². The van der Waals surface area contributed by atoms with Crippen LogP contribution < -0.4 is 10.5 Å². The number of benzene rings is 2. The summed E-state index contributed by atoms with van der Waals surface area (Å²) in [6.45, 7) is 6.27. The highest BCUT2D eigenvalue weighted by atomic mass is 16.5. The number of hydrogen-bond donors (Lipinski definition) is 1. The lowest BCUT2D eigenvalue weighted by atomic mass is 9.97. The molecule has 0 aliphatic rings. The van der Waals surface area contributed by atoms with Crippen molar-refractivity contribution in [1.29, 1.82) is 0 Å². The monoisotopic (exact) mass is 364 g/mol. The Bertz CT molecular complexity index is 855. The molecule has 2 N–H and O–H groups in total. The van der Waals surface area contributed by atoms with Crippen molar-refractivity contribution in [2.45, 2.75) is 46.2 Å². The van der Waals surface area contributed by atoms with E-state index in [1.807, 2.05) is 10.9 Å². The Kier molecular flexibility index (Phi) is 6.60. The van der Waals surface area contributed by atoms with Crippen molar-refractivity contribution in [3.05, 3.63) is 65.5 Å². The van der Waals surface area contributed by atoms with Crippen molar-refractivity contribution < 1.29 is 4.74 Å². The maximum atomic E-state index is 5.96. The second-order valence-corrected chi connectivity index (χ2v) is 6.77. The highest BCUT2D eigenvalue weighted by Gasteiger charge is 2.06. The summed E-state index contributed by atoms with van der Waals surface area (Å²) < 4.78 is 7.80. The number of aryl methyl sites for hydroxylation is 3. The lowest BCUT2D eigenvalue weighted by Crippen LogP contribution is -2.03. The van der Waals surface area contributed by atoms with E-state index in [9.17, 15) is 0 Å². The first-order valence-corrected chi connectivity index (χ1v) is 9.61. The Morgan fingerprint density at radius 2 is 1.89 bits per heavy atom. The molecule has 27 heavy (non-hydrogen) atoms. The van der Waals surface area contributed by atoms with Crippen LogP contribution in [0.2, 0.25) is 0 Å². The average Bonchev–Trinajstić information content (AvgIpc) is 3.16. The molecule has 5 nitrogen and oxygen atoms in total. The van der Waals surface area contributed by atoms with Gasteiger partial charge in [0, 0.05) is 19.3 Å². The van der Waals surface area contributed by atoms with Crippen LogP contribution in [0.1, 0.15) is 36.6 Å². The molecule has 142 valence electrons. The van der Waals surface area contributed by atoms with Gasteiger partial charge < -0.3 is 10.5 Å². The summed E-state index contributed by atoms with van der Waals surface area (Å²) in [6.07, 6.45) is 4.85. The lowest BCUT2D eigenvalue weighted by Gasteiger charge is -2.12. The van der Waals surface area contributed by atoms with Crippen LogP contribution in [0.15, 0.2) is 48.7 Å². The molecule has 0 aliphatic heterocycles. The second-order valence-electron chi connectivity index (χ2n) is 6.77. The molecule has 0 spiro atoms. The van der Waals surface area contributed by atoms with Gasteiger partial charge in [-0.25, -0.2) is 0 Å². The maximum Gasteiger partial charge on any atom is 0.119 e. The topological polar surface area (TPSA) is 66.0 Å². The fourth-order valence-electron chi connectivity index (χ4n) is 3.07. The van der Waals surface area contributed by atoms with Gasteiger partial charge in [-0.2, -0.15) is 0 Å². The number of ether oxygens (including phenoxy) is 1. The third kappa shape index (κ3) is 5.17. The molecule has 1 aromatic heterocycles. The Hall–Kier alpha value is -2.66. The summed E-state index contributed by atoms with van der Waals surface area (Å²) in [5, 5.41) is 8.05. The van der Waals surface area contributed by atoms with Crippen LogP contribution in [0.5, 0.6) is 5.75 Å². The first-order valence-electron chi connectivity index (χ1n) is 9.61. The Morgan fingerprint density at radius 1 is 1.07 bits per heavy atom. The van der Waals surface area contributed by atoms with Gasteiger partial charge in [-0.1, -0.05) is 48.0 Å². The normalized spacial score (nSPS) is 10.9. The third-order valence-corrected chi connectivity index (χ3v) is 4.67. The van der Waals surface area contributed by atoms with Crippen molar-refractivity contribution >= 4 is 0 Å². The summed E-state index contributed by atoms with van der Waals surface area (Å²) >= 11 is 0. The van der Waals surface area contributed by atoms with Gasteiger partial charge in [-0.15, -0.1) is 5.10 Å². The molecule has 0 radical (unpaired) electrons. The average molecular weight is 364 g/mol. The first-order chi connectivity index (χ1) is 13.2. The number of nitrogens with zero attached hydrogens (tertiary/aromatic N) is 3. The molecule has 0 amide bonds. The van der Waals surface area contributed by atoms with E-state index in [0.717, 1.165) is 37.3 Å². The van der Waals surface area contributed by atoms with E-state index in [4.69, 9.17) is 10.5 Å². The minimum Gasteiger partial charge on any atom is -0.494 e. The van der Waals surface area contributed by atoms with Crippen molar-refractivity contribution in [3.63, 3.8) is 0 Å². The van der Waals surface area contributed by atoms with Gasteiger partial charge in [0.1, 0.15) is 5.75 Å². The second kappa shape index (κ2) is 9.33. The summed E-state index contributed by atoms with van der Waals surface area (Å²) in [7, 11) is 0. The van der Waals surface area contributed by atoms with Crippen LogP contribution in [-0.4, -0.2) is 21.6 Å². The summed E-state index contributed by atoms with van der Waals surface area (Å²) in [5.74, 6) is 0.939. The molecule has 3 aromatic rings. The van der Waals surface area contributed by atoms with Gasteiger partial charge in [0.15, 0.2) is 0 Å². The standard InChI is InChI=1S/C22H28N4O/c1-3-18-14-21(10-11-22(18)19-8-6-17(2)7-9-19)27-13-5-4-12-26-16-20(15-23)24-25-26/h6-11,14,16H,3-5,12-13,15,23H2,1-2H3. The van der Waals surface area contributed by atoms with Crippen LogP contribution >= 0.6 is 0 Å². The summed E-state index contributed by atoms with van der Waals surface area (Å²) in [4.78, 5) is 0. The highest BCUT2D eigenvalue weighted by Crippen LogP contribution is 2.28. The van der Waals surface area contributed by atoms with Crippen molar-refractivity contribution in [1.82, 2.24) is 15.0 Å². The van der Waals surface area contributed by atoms with Crippen molar-refractivity contribution in [2.24, 2.45) is 5.73 Å². The predicted molar refractivity (Wildman–Crippen MR) is 109 cm³/mol.